The van der Waals surface area contributed by atoms with Gasteiger partial charge in [0.05, 0.1) is 0 Å². The van der Waals surface area contributed by atoms with Crippen molar-refractivity contribution in [2.75, 3.05) is 0 Å². The molecule has 2 heteroatoms. The van der Waals surface area contributed by atoms with Crippen molar-refractivity contribution in [3.05, 3.63) is 77.4 Å². The molecule has 0 saturated carbocycles. The molecular formula is C20H23ClZr. The van der Waals surface area contributed by atoms with Crippen LogP contribution in [0.3, 0.4) is 0 Å². The molecule has 0 bridgehead atoms. The molecule has 114 valence electrons. The number of benzene rings is 1. The first-order valence-corrected chi connectivity index (χ1v) is 10.8. The van der Waals surface area contributed by atoms with Gasteiger partial charge in [-0.05, 0) is 12.1 Å². The summed E-state index contributed by atoms with van der Waals surface area (Å²) in [6.07, 6.45) is 14.4. The third-order valence-corrected chi connectivity index (χ3v) is 8.17. The molecule has 0 atom stereocenters. The molecule has 0 aliphatic heterocycles. The van der Waals surface area contributed by atoms with Crippen molar-refractivity contribution >= 4 is 11.6 Å². The Hall–Kier alpha value is -0.647. The molecule has 1 aromatic rings. The second-order valence-electron chi connectivity index (χ2n) is 5.35. The van der Waals surface area contributed by atoms with Crippen molar-refractivity contribution in [2.24, 2.45) is 0 Å². The third kappa shape index (κ3) is 5.22. The van der Waals surface area contributed by atoms with Crippen molar-refractivity contribution in [1.29, 1.82) is 0 Å². The second-order valence-corrected chi connectivity index (χ2v) is 9.37. The van der Waals surface area contributed by atoms with Crippen LogP contribution in [0.5, 0.6) is 0 Å². The van der Waals surface area contributed by atoms with Gasteiger partial charge in [0.25, 0.3) is 0 Å². The number of allylic oxidation sites excluding steroid dienone is 8. The SMILES string of the molecule is CCC1=[C]([Zr][C]2=C(CC)C=CC2)CC=C1.Clc1ccccc1. The number of hydrogen-bond acceptors (Lipinski definition) is 0. The molecule has 0 aromatic heterocycles. The van der Waals surface area contributed by atoms with E-state index in [4.69, 9.17) is 11.6 Å². The van der Waals surface area contributed by atoms with E-state index in [-0.39, 0.29) is 0 Å². The van der Waals surface area contributed by atoms with Crippen LogP contribution in [0.1, 0.15) is 39.5 Å². The maximum atomic E-state index is 5.54. The fraction of sp³-hybridized carbons (Fsp3) is 0.300. The number of halogens is 1. The van der Waals surface area contributed by atoms with E-state index in [0.29, 0.717) is 0 Å². The molecule has 22 heavy (non-hydrogen) atoms. The minimum absolute atomic E-state index is 0.417. The molecule has 0 heterocycles. The molecular weight excluding hydrogens is 367 g/mol. The minimum Gasteiger partial charge on any atom is -0.0843 e. The first-order valence-electron chi connectivity index (χ1n) is 7.99. The van der Waals surface area contributed by atoms with E-state index in [2.05, 4.69) is 38.2 Å². The van der Waals surface area contributed by atoms with Crippen LogP contribution in [0.15, 0.2) is 72.3 Å². The van der Waals surface area contributed by atoms with E-state index in [9.17, 15) is 0 Å². The Morgan fingerprint density at radius 1 is 0.864 bits per heavy atom. The van der Waals surface area contributed by atoms with Crippen LogP contribution < -0.4 is 0 Å². The summed E-state index contributed by atoms with van der Waals surface area (Å²) in [7, 11) is 0. The molecule has 0 radical (unpaired) electrons. The molecule has 1 aromatic carbocycles. The zero-order chi connectivity index (χ0) is 15.8. The largest absolute Gasteiger partial charge is 0.0843 e. The topological polar surface area (TPSA) is 0 Å². The van der Waals surface area contributed by atoms with Crippen LogP contribution in [-0.4, -0.2) is 0 Å². The van der Waals surface area contributed by atoms with Crippen molar-refractivity contribution in [2.45, 2.75) is 39.5 Å². The van der Waals surface area contributed by atoms with Gasteiger partial charge in [0, 0.05) is 5.02 Å². The van der Waals surface area contributed by atoms with Gasteiger partial charge in [-0.25, -0.2) is 0 Å². The van der Waals surface area contributed by atoms with Gasteiger partial charge in [0.15, 0.2) is 0 Å². The first-order chi connectivity index (χ1) is 10.7. The monoisotopic (exact) mass is 388 g/mol. The summed E-state index contributed by atoms with van der Waals surface area (Å²) in [4.78, 5) is 0. The molecule has 2 aliphatic carbocycles. The van der Waals surface area contributed by atoms with Gasteiger partial charge in [0.2, 0.25) is 0 Å². The normalized spacial score (nSPS) is 16.1. The van der Waals surface area contributed by atoms with Gasteiger partial charge in [-0.2, -0.15) is 0 Å². The zero-order valence-corrected chi connectivity index (χ0v) is 16.6. The van der Waals surface area contributed by atoms with Crippen LogP contribution in [0, 0.1) is 0 Å². The average Bonchev–Trinajstić information content (AvgIpc) is 3.18. The van der Waals surface area contributed by atoms with Gasteiger partial charge < -0.3 is 0 Å². The van der Waals surface area contributed by atoms with E-state index >= 15 is 0 Å². The third-order valence-electron chi connectivity index (χ3n) is 3.85. The summed E-state index contributed by atoms with van der Waals surface area (Å²) in [6.45, 7) is 4.57. The zero-order valence-electron chi connectivity index (χ0n) is 13.4. The van der Waals surface area contributed by atoms with Crippen LogP contribution in [-0.2, 0) is 23.2 Å². The standard InChI is InChI=1S/2C7H9.C6H5Cl.Zr/c2*1-2-7-5-3-4-6-7;7-6-4-2-1-3-5-6;/h2*3,5H,2,4H2,1H3;1-5H;. The molecule has 0 unspecified atom stereocenters. The Morgan fingerprint density at radius 3 is 1.73 bits per heavy atom. The predicted octanol–water partition coefficient (Wildman–Crippen LogP) is 6.66. The Labute approximate surface area is 151 Å². The Morgan fingerprint density at radius 2 is 1.36 bits per heavy atom. The minimum atomic E-state index is -0.417. The predicted molar refractivity (Wildman–Crippen MR) is 93.6 cm³/mol. The Kier molecular flexibility index (Phi) is 7.63. The van der Waals surface area contributed by atoms with Gasteiger partial charge in [-0.1, -0.05) is 29.8 Å². The maximum absolute atomic E-state index is 5.54. The summed E-state index contributed by atoms with van der Waals surface area (Å²) in [5, 5.41) is 0.794. The Balaban J connectivity index is 0.000000211. The molecule has 2 aliphatic rings. The summed E-state index contributed by atoms with van der Waals surface area (Å²) in [5.74, 6) is 0. The van der Waals surface area contributed by atoms with Crippen molar-refractivity contribution in [3.8, 4) is 0 Å². The fourth-order valence-corrected chi connectivity index (χ4v) is 6.81. The van der Waals surface area contributed by atoms with Crippen LogP contribution in [0.4, 0.5) is 0 Å². The van der Waals surface area contributed by atoms with Gasteiger partial charge in [-0.15, -0.1) is 0 Å². The van der Waals surface area contributed by atoms with Crippen LogP contribution in [0.25, 0.3) is 0 Å². The molecule has 0 spiro atoms. The number of rotatable bonds is 4. The fourth-order valence-electron chi connectivity index (χ4n) is 2.62. The van der Waals surface area contributed by atoms with Crippen molar-refractivity contribution in [1.82, 2.24) is 0 Å². The van der Waals surface area contributed by atoms with Gasteiger partial charge in [0.1, 0.15) is 0 Å². The van der Waals surface area contributed by atoms with Crippen LogP contribution in [0.2, 0.25) is 5.02 Å². The molecule has 0 N–H and O–H groups in total. The quantitative estimate of drug-likeness (QED) is 0.540. The summed E-state index contributed by atoms with van der Waals surface area (Å²) >= 11 is 5.12. The van der Waals surface area contributed by atoms with E-state index in [1.54, 1.807) is 11.1 Å². The number of hydrogen-bond donors (Lipinski definition) is 0. The maximum Gasteiger partial charge on any atom is 0.0405 e. The van der Waals surface area contributed by atoms with E-state index < -0.39 is 23.2 Å². The smallest absolute Gasteiger partial charge is 0.0405 e. The second kappa shape index (κ2) is 9.48. The molecule has 3 rings (SSSR count). The molecule has 0 nitrogen and oxygen atoms in total. The summed E-state index contributed by atoms with van der Waals surface area (Å²) in [5.41, 5.74) is 3.30. The van der Waals surface area contributed by atoms with E-state index in [0.717, 1.165) is 5.02 Å². The van der Waals surface area contributed by atoms with Gasteiger partial charge in [-0.3, -0.25) is 0 Å². The van der Waals surface area contributed by atoms with E-state index in [1.807, 2.05) is 36.9 Å². The first kappa shape index (κ1) is 17.7. The average molecular weight is 390 g/mol. The van der Waals surface area contributed by atoms with Crippen molar-refractivity contribution < 1.29 is 23.2 Å². The van der Waals surface area contributed by atoms with Gasteiger partial charge >= 0.3 is 105 Å². The molecule has 0 fully saturated rings. The molecule has 0 saturated heterocycles. The van der Waals surface area contributed by atoms with E-state index in [1.165, 1.54) is 25.7 Å². The summed E-state index contributed by atoms with van der Waals surface area (Å²) in [6, 6.07) is 9.44. The Bertz CT molecular complexity index is 570. The molecule has 0 amide bonds. The van der Waals surface area contributed by atoms with Crippen LogP contribution >= 0.6 is 11.6 Å². The summed E-state index contributed by atoms with van der Waals surface area (Å²) < 4.78 is 3.65. The van der Waals surface area contributed by atoms with Crippen molar-refractivity contribution in [3.63, 3.8) is 0 Å².